The molecule has 0 unspecified atom stereocenters. The monoisotopic (exact) mass is 309 g/mol. The topological polar surface area (TPSA) is 27.7 Å². The number of nitrogens with zero attached hydrogens (tertiary/aromatic N) is 2. The second-order valence-corrected chi connectivity index (χ2v) is 6.20. The second kappa shape index (κ2) is 5.47. The smallest absolute Gasteiger partial charge is 0.200 e. The lowest BCUT2D eigenvalue weighted by Gasteiger charge is -2.10. The van der Waals surface area contributed by atoms with Crippen LogP contribution in [0.3, 0.4) is 0 Å². The summed E-state index contributed by atoms with van der Waals surface area (Å²) in [5.74, 6) is 0. The number of fused-ring (bicyclic) bond motifs is 2. The maximum absolute atomic E-state index is 9.15. The van der Waals surface area contributed by atoms with Crippen molar-refractivity contribution in [1.82, 2.24) is 0 Å². The molecule has 0 aliphatic carbocycles. The molecule has 0 bridgehead atoms. The van der Waals surface area contributed by atoms with E-state index in [1.165, 1.54) is 27.6 Å². The molecule has 2 nitrogen and oxygen atoms in total. The van der Waals surface area contributed by atoms with E-state index in [0.29, 0.717) is 5.56 Å². The lowest BCUT2D eigenvalue weighted by molar-refractivity contribution is -0.659. The van der Waals surface area contributed by atoms with Gasteiger partial charge in [-0.15, -0.1) is 0 Å². The summed E-state index contributed by atoms with van der Waals surface area (Å²) in [6.45, 7) is 2.16. The van der Waals surface area contributed by atoms with Crippen molar-refractivity contribution in [2.45, 2.75) is 6.92 Å². The standard InChI is InChI=1S/C22H17N2/c1-15-11-17-5-3-4-6-18(17)13-21(15)22-20-8-7-16(14-23)12-19(20)9-10-24(22)2/h3-13H,1-2H3/q+1. The van der Waals surface area contributed by atoms with Gasteiger partial charge in [0, 0.05) is 6.07 Å². The van der Waals surface area contributed by atoms with Crippen molar-refractivity contribution >= 4 is 21.5 Å². The van der Waals surface area contributed by atoms with Crippen molar-refractivity contribution < 1.29 is 4.57 Å². The van der Waals surface area contributed by atoms with Gasteiger partial charge in [0.2, 0.25) is 5.69 Å². The average molecular weight is 309 g/mol. The van der Waals surface area contributed by atoms with Crippen molar-refractivity contribution in [2.24, 2.45) is 7.05 Å². The van der Waals surface area contributed by atoms with Crippen LogP contribution in [-0.2, 0) is 7.05 Å². The van der Waals surface area contributed by atoms with Crippen molar-refractivity contribution in [1.29, 1.82) is 5.26 Å². The summed E-state index contributed by atoms with van der Waals surface area (Å²) in [4.78, 5) is 0. The molecule has 0 atom stereocenters. The van der Waals surface area contributed by atoms with E-state index < -0.39 is 0 Å². The molecule has 1 aromatic heterocycles. The zero-order valence-corrected chi connectivity index (χ0v) is 13.7. The van der Waals surface area contributed by atoms with Gasteiger partial charge >= 0.3 is 0 Å². The van der Waals surface area contributed by atoms with Crippen molar-refractivity contribution in [2.75, 3.05) is 0 Å². The highest BCUT2D eigenvalue weighted by Gasteiger charge is 2.17. The predicted octanol–water partition coefficient (Wildman–Crippen LogP) is 4.66. The maximum Gasteiger partial charge on any atom is 0.220 e. The molecule has 0 saturated heterocycles. The summed E-state index contributed by atoms with van der Waals surface area (Å²) in [7, 11) is 2.07. The number of hydrogen-bond acceptors (Lipinski definition) is 1. The fraction of sp³-hybridized carbons (Fsp3) is 0.0909. The van der Waals surface area contributed by atoms with Crippen LogP contribution in [0.4, 0.5) is 0 Å². The number of hydrogen-bond donors (Lipinski definition) is 0. The highest BCUT2D eigenvalue weighted by atomic mass is 14.9. The van der Waals surface area contributed by atoms with E-state index in [0.717, 1.165) is 10.8 Å². The summed E-state index contributed by atoms with van der Waals surface area (Å²) < 4.78 is 2.16. The van der Waals surface area contributed by atoms with E-state index in [4.69, 9.17) is 5.26 Å². The van der Waals surface area contributed by atoms with Crippen LogP contribution >= 0.6 is 0 Å². The Morgan fingerprint density at radius 1 is 0.875 bits per heavy atom. The number of aromatic nitrogens is 1. The van der Waals surface area contributed by atoms with Crippen molar-refractivity contribution in [3.05, 3.63) is 78.0 Å². The van der Waals surface area contributed by atoms with E-state index in [1.807, 2.05) is 12.1 Å². The predicted molar refractivity (Wildman–Crippen MR) is 97.5 cm³/mol. The van der Waals surface area contributed by atoms with Gasteiger partial charge in [-0.25, -0.2) is 4.57 Å². The SMILES string of the molecule is Cc1cc2ccccc2cc1-c1c2ccc(C#N)cc2cc[n+]1C. The molecule has 1 heterocycles. The minimum absolute atomic E-state index is 0.692. The van der Waals surface area contributed by atoms with Crippen LogP contribution in [0.1, 0.15) is 11.1 Å². The number of pyridine rings is 1. The molecule has 114 valence electrons. The Kier molecular flexibility index (Phi) is 3.29. The number of nitriles is 1. The third-order valence-corrected chi connectivity index (χ3v) is 4.61. The van der Waals surface area contributed by atoms with Crippen LogP contribution in [0, 0.1) is 18.3 Å². The molecule has 0 aliphatic heterocycles. The number of benzene rings is 3. The molecule has 0 spiro atoms. The molecule has 0 aliphatic rings. The molecule has 0 saturated carbocycles. The van der Waals surface area contributed by atoms with Crippen LogP contribution in [-0.4, -0.2) is 0 Å². The third kappa shape index (κ3) is 2.23. The molecule has 4 rings (SSSR count). The van der Waals surface area contributed by atoms with Gasteiger partial charge in [-0.1, -0.05) is 30.3 Å². The van der Waals surface area contributed by atoms with Gasteiger partial charge in [0.15, 0.2) is 6.20 Å². The highest BCUT2D eigenvalue weighted by molar-refractivity contribution is 5.97. The van der Waals surface area contributed by atoms with Gasteiger partial charge < -0.3 is 0 Å². The Balaban J connectivity index is 2.08. The Bertz CT molecular complexity index is 1130. The maximum atomic E-state index is 9.15. The third-order valence-electron chi connectivity index (χ3n) is 4.61. The Morgan fingerprint density at radius 3 is 2.38 bits per heavy atom. The Morgan fingerprint density at radius 2 is 1.62 bits per heavy atom. The van der Waals surface area contributed by atoms with Crippen LogP contribution in [0.25, 0.3) is 32.8 Å². The molecule has 0 N–H and O–H groups in total. The van der Waals surface area contributed by atoms with E-state index in [-0.39, 0.29) is 0 Å². The largest absolute Gasteiger partial charge is 0.220 e. The van der Waals surface area contributed by atoms with Gasteiger partial charge in [0.25, 0.3) is 0 Å². The van der Waals surface area contributed by atoms with E-state index in [2.05, 4.69) is 79.3 Å². The van der Waals surface area contributed by atoms with Crippen molar-refractivity contribution in [3.63, 3.8) is 0 Å². The summed E-state index contributed by atoms with van der Waals surface area (Å²) in [5, 5.41) is 13.9. The fourth-order valence-corrected chi connectivity index (χ4v) is 3.39. The second-order valence-electron chi connectivity index (χ2n) is 6.20. The Hall–Kier alpha value is -3.18. The zero-order valence-electron chi connectivity index (χ0n) is 13.7. The highest BCUT2D eigenvalue weighted by Crippen LogP contribution is 2.31. The summed E-state index contributed by atoms with van der Waals surface area (Å²) in [5.41, 5.74) is 4.35. The Labute approximate surface area is 141 Å². The van der Waals surface area contributed by atoms with Gasteiger partial charge in [-0.2, -0.15) is 5.26 Å². The first-order valence-electron chi connectivity index (χ1n) is 7.99. The van der Waals surface area contributed by atoms with E-state index >= 15 is 0 Å². The first-order chi connectivity index (χ1) is 11.7. The van der Waals surface area contributed by atoms with Gasteiger partial charge in [-0.3, -0.25) is 0 Å². The first kappa shape index (κ1) is 14.4. The van der Waals surface area contributed by atoms with Crippen LogP contribution in [0.15, 0.2) is 66.9 Å². The minimum atomic E-state index is 0.692. The molecule has 3 aromatic carbocycles. The van der Waals surface area contributed by atoms with Gasteiger partial charge in [0.1, 0.15) is 7.05 Å². The molecular formula is C22H17N2+. The van der Waals surface area contributed by atoms with Crippen LogP contribution in [0.2, 0.25) is 0 Å². The molecule has 0 radical (unpaired) electrons. The van der Waals surface area contributed by atoms with Crippen LogP contribution in [0.5, 0.6) is 0 Å². The lowest BCUT2D eigenvalue weighted by Crippen LogP contribution is -2.30. The molecule has 0 amide bonds. The summed E-state index contributed by atoms with van der Waals surface area (Å²) in [6.07, 6.45) is 2.06. The fourth-order valence-electron chi connectivity index (χ4n) is 3.39. The van der Waals surface area contributed by atoms with Gasteiger partial charge in [0.05, 0.1) is 22.6 Å². The molecule has 0 fully saturated rings. The lowest BCUT2D eigenvalue weighted by atomic mass is 9.95. The van der Waals surface area contributed by atoms with Crippen LogP contribution < -0.4 is 4.57 Å². The molecule has 4 aromatic rings. The normalized spacial score (nSPS) is 10.9. The van der Waals surface area contributed by atoms with E-state index in [1.54, 1.807) is 0 Å². The van der Waals surface area contributed by atoms with Crippen molar-refractivity contribution in [3.8, 4) is 17.3 Å². The number of rotatable bonds is 1. The summed E-state index contributed by atoms with van der Waals surface area (Å²) in [6, 6.07) is 23.1. The average Bonchev–Trinajstić information content (AvgIpc) is 2.61. The number of aryl methyl sites for hydroxylation is 2. The minimum Gasteiger partial charge on any atom is -0.200 e. The summed E-state index contributed by atoms with van der Waals surface area (Å²) >= 11 is 0. The zero-order chi connectivity index (χ0) is 16.7. The molecule has 2 heteroatoms. The molecular weight excluding hydrogens is 292 g/mol. The quantitative estimate of drug-likeness (QED) is 0.470. The van der Waals surface area contributed by atoms with Gasteiger partial charge in [-0.05, 0) is 52.9 Å². The van der Waals surface area contributed by atoms with E-state index in [9.17, 15) is 0 Å². The molecule has 24 heavy (non-hydrogen) atoms. The first-order valence-corrected chi connectivity index (χ1v) is 7.99.